The first-order valence-electron chi connectivity index (χ1n) is 6.33. The number of hydrogen-bond donors (Lipinski definition) is 3. The predicted molar refractivity (Wildman–Crippen MR) is 72.5 cm³/mol. The van der Waals surface area contributed by atoms with Crippen LogP contribution < -0.4 is 11.5 Å². The maximum Gasteiger partial charge on any atom is 0.264 e. The zero-order valence-corrected chi connectivity index (χ0v) is 11.7. The van der Waals surface area contributed by atoms with Crippen molar-refractivity contribution < 1.29 is 13.0 Å². The van der Waals surface area contributed by atoms with Crippen molar-refractivity contribution in [3.05, 3.63) is 0 Å². The van der Waals surface area contributed by atoms with Gasteiger partial charge in [-0.25, -0.2) is 0 Å². The smallest absolute Gasteiger partial charge is 0.264 e. The Morgan fingerprint density at radius 3 is 1.41 bits per heavy atom. The van der Waals surface area contributed by atoms with Gasteiger partial charge in [0, 0.05) is 0 Å². The van der Waals surface area contributed by atoms with Gasteiger partial charge in [0.2, 0.25) is 0 Å². The van der Waals surface area contributed by atoms with Crippen LogP contribution in [0.15, 0.2) is 0 Å². The fourth-order valence-electron chi connectivity index (χ4n) is 1.25. The van der Waals surface area contributed by atoms with Crippen LogP contribution in [0.3, 0.4) is 0 Å². The van der Waals surface area contributed by atoms with E-state index in [1.165, 1.54) is 38.5 Å². The van der Waals surface area contributed by atoms with Crippen molar-refractivity contribution in [2.24, 2.45) is 11.5 Å². The molecule has 0 saturated carbocycles. The lowest BCUT2D eigenvalue weighted by molar-refractivity contribution is 0.482. The standard InChI is InChI=1S/C8H20N2.C3H8O3S/c9-7-5-3-1-2-4-6-8-10;1-2-3-7(4,5)6/h1-10H2;2-3H2,1H3,(H,4,5,6). The average molecular weight is 268 g/mol. The third-order valence-corrected chi connectivity index (χ3v) is 3.04. The normalized spacial score (nSPS) is 10.8. The van der Waals surface area contributed by atoms with Crippen molar-refractivity contribution in [3.8, 4) is 0 Å². The highest BCUT2D eigenvalue weighted by molar-refractivity contribution is 7.85. The summed E-state index contributed by atoms with van der Waals surface area (Å²) in [5.41, 5.74) is 10.7. The largest absolute Gasteiger partial charge is 0.330 e. The highest BCUT2D eigenvalue weighted by Gasteiger charge is 1.98. The van der Waals surface area contributed by atoms with Crippen LogP contribution in [0.25, 0.3) is 0 Å². The van der Waals surface area contributed by atoms with Gasteiger partial charge in [0.1, 0.15) is 0 Å². The fourth-order valence-corrected chi connectivity index (χ4v) is 1.77. The quantitative estimate of drug-likeness (QED) is 0.434. The van der Waals surface area contributed by atoms with Crippen LogP contribution in [-0.4, -0.2) is 31.8 Å². The van der Waals surface area contributed by atoms with E-state index in [1.54, 1.807) is 6.92 Å². The summed E-state index contributed by atoms with van der Waals surface area (Å²) in [7, 11) is -3.67. The van der Waals surface area contributed by atoms with Gasteiger partial charge in [0.05, 0.1) is 5.75 Å². The molecule has 0 aliphatic heterocycles. The summed E-state index contributed by atoms with van der Waals surface area (Å²) in [6.45, 7) is 3.38. The Morgan fingerprint density at radius 2 is 1.24 bits per heavy atom. The molecule has 5 N–H and O–H groups in total. The summed E-state index contributed by atoms with van der Waals surface area (Å²) in [5, 5.41) is 0. The van der Waals surface area contributed by atoms with Gasteiger partial charge in [0.25, 0.3) is 10.1 Å². The zero-order valence-electron chi connectivity index (χ0n) is 10.9. The Hall–Kier alpha value is -0.170. The fraction of sp³-hybridized carbons (Fsp3) is 1.00. The predicted octanol–water partition coefficient (Wildman–Crippen LogP) is 1.53. The Kier molecular flexibility index (Phi) is 15.7. The number of hydrogen-bond acceptors (Lipinski definition) is 4. The SMILES string of the molecule is CCCS(=O)(=O)O.NCCCCCCCCN. The molecule has 0 radical (unpaired) electrons. The molecule has 5 nitrogen and oxygen atoms in total. The first-order chi connectivity index (χ1) is 7.97. The monoisotopic (exact) mass is 268 g/mol. The molecule has 0 heterocycles. The van der Waals surface area contributed by atoms with Crippen LogP contribution >= 0.6 is 0 Å². The van der Waals surface area contributed by atoms with Crippen LogP contribution in [0.2, 0.25) is 0 Å². The lowest BCUT2D eigenvalue weighted by Crippen LogP contribution is -2.01. The van der Waals surface area contributed by atoms with Crippen molar-refractivity contribution in [3.63, 3.8) is 0 Å². The van der Waals surface area contributed by atoms with E-state index in [0.717, 1.165) is 13.1 Å². The van der Waals surface area contributed by atoms with Crippen molar-refractivity contribution in [2.45, 2.75) is 51.9 Å². The van der Waals surface area contributed by atoms with E-state index < -0.39 is 10.1 Å². The van der Waals surface area contributed by atoms with E-state index in [-0.39, 0.29) is 5.75 Å². The van der Waals surface area contributed by atoms with Gasteiger partial charge in [-0.2, -0.15) is 8.42 Å². The van der Waals surface area contributed by atoms with Crippen LogP contribution in [0.5, 0.6) is 0 Å². The summed E-state index contributed by atoms with van der Waals surface area (Å²) in [5.74, 6) is -0.132. The summed E-state index contributed by atoms with van der Waals surface area (Å²) >= 11 is 0. The molecule has 0 spiro atoms. The van der Waals surface area contributed by atoms with Gasteiger partial charge in [0.15, 0.2) is 0 Å². The topological polar surface area (TPSA) is 106 Å². The second kappa shape index (κ2) is 13.9. The molecule has 0 aromatic rings. The lowest BCUT2D eigenvalue weighted by Gasteiger charge is -1.97. The number of unbranched alkanes of at least 4 members (excludes halogenated alkanes) is 5. The van der Waals surface area contributed by atoms with Crippen molar-refractivity contribution in [2.75, 3.05) is 18.8 Å². The first kappa shape index (κ1) is 19.2. The molecule has 0 aliphatic rings. The van der Waals surface area contributed by atoms with Crippen LogP contribution in [0.4, 0.5) is 0 Å². The highest BCUT2D eigenvalue weighted by Crippen LogP contribution is 2.03. The molecule has 0 saturated heterocycles. The third-order valence-electron chi connectivity index (χ3n) is 2.12. The van der Waals surface area contributed by atoms with Crippen molar-refractivity contribution >= 4 is 10.1 Å². The maximum absolute atomic E-state index is 9.79. The summed E-state index contributed by atoms with van der Waals surface area (Å²) in [6.07, 6.45) is 8.08. The molecule has 0 bridgehead atoms. The van der Waals surface area contributed by atoms with Gasteiger partial charge in [-0.3, -0.25) is 4.55 Å². The lowest BCUT2D eigenvalue weighted by atomic mass is 10.1. The minimum atomic E-state index is -3.67. The van der Waals surface area contributed by atoms with E-state index in [4.69, 9.17) is 16.0 Å². The molecule has 17 heavy (non-hydrogen) atoms. The number of rotatable bonds is 9. The van der Waals surface area contributed by atoms with Gasteiger partial charge in [-0.1, -0.05) is 32.6 Å². The number of nitrogens with two attached hydrogens (primary N) is 2. The molecule has 0 aliphatic carbocycles. The summed E-state index contributed by atoms with van der Waals surface area (Å²) < 4.78 is 27.6. The third kappa shape index (κ3) is 25.8. The van der Waals surface area contributed by atoms with Gasteiger partial charge >= 0.3 is 0 Å². The average Bonchev–Trinajstić information content (AvgIpc) is 2.22. The minimum Gasteiger partial charge on any atom is -0.330 e. The molecule has 0 unspecified atom stereocenters. The molecular weight excluding hydrogens is 240 g/mol. The Bertz CT molecular complexity index is 223. The Labute approximate surface area is 106 Å². The minimum absolute atomic E-state index is 0.132. The first-order valence-corrected chi connectivity index (χ1v) is 7.94. The maximum atomic E-state index is 9.79. The molecule has 0 atom stereocenters. The molecule has 0 aromatic carbocycles. The summed E-state index contributed by atoms with van der Waals surface area (Å²) in [4.78, 5) is 0. The second-order valence-electron chi connectivity index (χ2n) is 3.98. The molecule has 0 aromatic heterocycles. The molecule has 106 valence electrons. The molecule has 6 heteroatoms. The van der Waals surface area contributed by atoms with Crippen molar-refractivity contribution in [1.29, 1.82) is 0 Å². The van der Waals surface area contributed by atoms with E-state index in [0.29, 0.717) is 6.42 Å². The van der Waals surface area contributed by atoms with E-state index in [1.807, 2.05) is 0 Å². The zero-order chi connectivity index (χ0) is 13.6. The van der Waals surface area contributed by atoms with Crippen molar-refractivity contribution in [1.82, 2.24) is 0 Å². The van der Waals surface area contributed by atoms with Gasteiger partial charge in [-0.05, 0) is 32.4 Å². The second-order valence-corrected chi connectivity index (χ2v) is 5.56. The Morgan fingerprint density at radius 1 is 0.882 bits per heavy atom. The molecule has 0 rings (SSSR count). The molecular formula is C11H28N2O3S. The van der Waals surface area contributed by atoms with E-state index in [2.05, 4.69) is 0 Å². The van der Waals surface area contributed by atoms with E-state index >= 15 is 0 Å². The van der Waals surface area contributed by atoms with Gasteiger partial charge < -0.3 is 11.5 Å². The Balaban J connectivity index is 0. The van der Waals surface area contributed by atoms with Crippen LogP contribution in [-0.2, 0) is 10.1 Å². The molecule has 0 amide bonds. The van der Waals surface area contributed by atoms with Gasteiger partial charge in [-0.15, -0.1) is 0 Å². The summed E-state index contributed by atoms with van der Waals surface area (Å²) in [6, 6.07) is 0. The van der Waals surface area contributed by atoms with Crippen LogP contribution in [0.1, 0.15) is 51.9 Å². The van der Waals surface area contributed by atoms with E-state index in [9.17, 15) is 8.42 Å². The molecule has 0 fully saturated rings. The highest BCUT2D eigenvalue weighted by atomic mass is 32.2. The van der Waals surface area contributed by atoms with Crippen LogP contribution in [0, 0.1) is 0 Å².